The van der Waals surface area contributed by atoms with Crippen LogP contribution >= 0.6 is 0 Å². The number of nitrogens with zero attached hydrogens (tertiary/aromatic N) is 1. The van der Waals surface area contributed by atoms with Crippen molar-refractivity contribution in [2.45, 2.75) is 51.7 Å². The Kier molecular flexibility index (Phi) is 6.00. The molecule has 0 aromatic heterocycles. The minimum absolute atomic E-state index is 0.212. The van der Waals surface area contributed by atoms with Crippen LogP contribution < -0.4 is 4.74 Å². The maximum absolute atomic E-state index is 12.4. The third kappa shape index (κ3) is 4.78. The monoisotopic (exact) mass is 409 g/mol. The van der Waals surface area contributed by atoms with E-state index in [1.54, 1.807) is 4.90 Å². The summed E-state index contributed by atoms with van der Waals surface area (Å²) in [6.07, 6.45) is 4.79. The zero-order valence-corrected chi connectivity index (χ0v) is 18.1. The fourth-order valence-corrected chi connectivity index (χ4v) is 4.03. The van der Waals surface area contributed by atoms with Crippen LogP contribution in [0.5, 0.6) is 5.75 Å². The molecule has 1 fully saturated rings. The summed E-state index contributed by atoms with van der Waals surface area (Å²) in [5.74, 6) is 0.938. The number of amides is 1. The number of carbonyl (C=O) groups is 1. The van der Waals surface area contributed by atoms with E-state index in [0.29, 0.717) is 13.1 Å². The average molecular weight is 410 g/mol. The molecule has 30 heavy (non-hydrogen) atoms. The zero-order valence-electron chi connectivity index (χ0n) is 18.1. The van der Waals surface area contributed by atoms with E-state index in [-0.39, 0.29) is 12.2 Å². The van der Waals surface area contributed by atoms with Gasteiger partial charge in [0.2, 0.25) is 0 Å². The molecular weight excluding hydrogens is 378 g/mol. The maximum atomic E-state index is 12.4. The SMILES string of the molecule is CC(C)(C)OC(=O)N1CC=C(c2ccc(OC3CCOCC3)c3ccccc23)CC1. The van der Waals surface area contributed by atoms with Gasteiger partial charge in [0, 0.05) is 31.3 Å². The van der Waals surface area contributed by atoms with Gasteiger partial charge in [-0.25, -0.2) is 4.79 Å². The number of hydrogen-bond donors (Lipinski definition) is 0. The van der Waals surface area contributed by atoms with E-state index in [4.69, 9.17) is 14.2 Å². The summed E-state index contributed by atoms with van der Waals surface area (Å²) in [7, 11) is 0. The van der Waals surface area contributed by atoms with Gasteiger partial charge < -0.3 is 19.1 Å². The molecule has 160 valence electrons. The standard InChI is InChI=1S/C25H31NO4/c1-25(2,3)30-24(27)26-14-10-18(11-15-26)20-8-9-23(22-7-5-4-6-21(20)22)29-19-12-16-28-17-13-19/h4-10,19H,11-17H2,1-3H3. The van der Waals surface area contributed by atoms with Crippen molar-refractivity contribution in [2.24, 2.45) is 0 Å². The van der Waals surface area contributed by atoms with E-state index in [2.05, 4.69) is 42.5 Å². The zero-order chi connectivity index (χ0) is 21.1. The van der Waals surface area contributed by atoms with Gasteiger partial charge in [0.25, 0.3) is 0 Å². The van der Waals surface area contributed by atoms with Crippen LogP contribution in [0, 0.1) is 0 Å². The van der Waals surface area contributed by atoms with Gasteiger partial charge in [0.05, 0.1) is 13.2 Å². The van der Waals surface area contributed by atoms with Crippen LogP contribution in [0.3, 0.4) is 0 Å². The first-order chi connectivity index (χ1) is 14.4. The highest BCUT2D eigenvalue weighted by Gasteiger charge is 2.24. The summed E-state index contributed by atoms with van der Waals surface area (Å²) in [5.41, 5.74) is 2.01. The predicted octanol–water partition coefficient (Wildman–Crippen LogP) is 5.42. The fraction of sp³-hybridized carbons (Fsp3) is 0.480. The second-order valence-electron chi connectivity index (χ2n) is 8.99. The maximum Gasteiger partial charge on any atom is 0.410 e. The highest BCUT2D eigenvalue weighted by molar-refractivity contribution is 5.97. The molecule has 5 heteroatoms. The molecule has 1 amide bonds. The number of hydrogen-bond acceptors (Lipinski definition) is 4. The van der Waals surface area contributed by atoms with E-state index in [1.165, 1.54) is 16.5 Å². The molecule has 2 heterocycles. The first kappa shape index (κ1) is 20.7. The number of carbonyl (C=O) groups excluding carboxylic acids is 1. The molecule has 2 aliphatic heterocycles. The Morgan fingerprint density at radius 2 is 1.80 bits per heavy atom. The van der Waals surface area contributed by atoms with Crippen molar-refractivity contribution < 1.29 is 19.0 Å². The van der Waals surface area contributed by atoms with Gasteiger partial charge in [-0.15, -0.1) is 0 Å². The van der Waals surface area contributed by atoms with Gasteiger partial charge in [-0.1, -0.05) is 36.4 Å². The first-order valence-electron chi connectivity index (χ1n) is 10.8. The molecule has 0 atom stereocenters. The molecule has 0 spiro atoms. The van der Waals surface area contributed by atoms with Gasteiger partial charge in [-0.2, -0.15) is 0 Å². The molecule has 0 aliphatic carbocycles. The minimum Gasteiger partial charge on any atom is -0.490 e. The fourth-order valence-electron chi connectivity index (χ4n) is 4.03. The Morgan fingerprint density at radius 1 is 1.07 bits per heavy atom. The minimum atomic E-state index is -0.475. The second-order valence-corrected chi connectivity index (χ2v) is 8.99. The van der Waals surface area contributed by atoms with E-state index < -0.39 is 5.60 Å². The molecule has 0 unspecified atom stereocenters. The lowest BCUT2D eigenvalue weighted by Gasteiger charge is -2.30. The Morgan fingerprint density at radius 3 is 2.47 bits per heavy atom. The van der Waals surface area contributed by atoms with E-state index in [9.17, 15) is 4.79 Å². The number of benzene rings is 2. The molecule has 5 nitrogen and oxygen atoms in total. The summed E-state index contributed by atoms with van der Waals surface area (Å²) < 4.78 is 17.3. The number of rotatable bonds is 3. The van der Waals surface area contributed by atoms with Crippen molar-refractivity contribution in [2.75, 3.05) is 26.3 Å². The van der Waals surface area contributed by atoms with Crippen LogP contribution in [-0.4, -0.2) is 49.0 Å². The van der Waals surface area contributed by atoms with Crippen molar-refractivity contribution in [3.05, 3.63) is 48.0 Å². The van der Waals surface area contributed by atoms with Crippen molar-refractivity contribution in [3.63, 3.8) is 0 Å². The lowest BCUT2D eigenvalue weighted by atomic mass is 9.94. The molecule has 0 radical (unpaired) electrons. The Labute approximate surface area is 178 Å². The van der Waals surface area contributed by atoms with Crippen molar-refractivity contribution in [1.82, 2.24) is 4.90 Å². The van der Waals surface area contributed by atoms with Gasteiger partial charge >= 0.3 is 6.09 Å². The van der Waals surface area contributed by atoms with E-state index in [0.717, 1.165) is 43.6 Å². The molecule has 4 rings (SSSR count). The van der Waals surface area contributed by atoms with Gasteiger partial charge in [-0.3, -0.25) is 0 Å². The molecule has 2 aromatic carbocycles. The van der Waals surface area contributed by atoms with Gasteiger partial charge in [-0.05, 0) is 49.8 Å². The molecule has 0 bridgehead atoms. The van der Waals surface area contributed by atoms with Gasteiger partial charge in [0.15, 0.2) is 0 Å². The Balaban J connectivity index is 1.55. The number of ether oxygens (including phenoxy) is 3. The van der Waals surface area contributed by atoms with Crippen LogP contribution in [0.4, 0.5) is 4.79 Å². The smallest absolute Gasteiger partial charge is 0.410 e. The summed E-state index contributed by atoms with van der Waals surface area (Å²) in [6.45, 7) is 8.45. The second kappa shape index (κ2) is 8.68. The highest BCUT2D eigenvalue weighted by atomic mass is 16.6. The highest BCUT2D eigenvalue weighted by Crippen LogP contribution is 2.35. The van der Waals surface area contributed by atoms with E-state index >= 15 is 0 Å². The molecular formula is C25H31NO4. The van der Waals surface area contributed by atoms with Crippen LogP contribution in [0.1, 0.15) is 45.6 Å². The van der Waals surface area contributed by atoms with Crippen LogP contribution in [0.15, 0.2) is 42.5 Å². The molecule has 0 saturated carbocycles. The quantitative estimate of drug-likeness (QED) is 0.679. The molecule has 2 aliphatic rings. The van der Waals surface area contributed by atoms with Crippen molar-refractivity contribution in [3.8, 4) is 5.75 Å². The van der Waals surface area contributed by atoms with E-state index in [1.807, 2.05) is 20.8 Å². The van der Waals surface area contributed by atoms with Crippen LogP contribution in [0.2, 0.25) is 0 Å². The average Bonchev–Trinajstić information content (AvgIpc) is 2.74. The summed E-state index contributed by atoms with van der Waals surface area (Å²) in [5, 5.41) is 2.33. The molecule has 0 N–H and O–H groups in total. The predicted molar refractivity (Wildman–Crippen MR) is 119 cm³/mol. The molecule has 2 aromatic rings. The van der Waals surface area contributed by atoms with Crippen LogP contribution in [-0.2, 0) is 9.47 Å². The Bertz CT molecular complexity index is 938. The Hall–Kier alpha value is -2.53. The lowest BCUT2D eigenvalue weighted by molar-refractivity contribution is 0.0260. The largest absolute Gasteiger partial charge is 0.490 e. The summed E-state index contributed by atoms with van der Waals surface area (Å²) in [4.78, 5) is 14.1. The molecule has 1 saturated heterocycles. The van der Waals surface area contributed by atoms with Crippen molar-refractivity contribution >= 4 is 22.4 Å². The van der Waals surface area contributed by atoms with Crippen LogP contribution in [0.25, 0.3) is 16.3 Å². The summed E-state index contributed by atoms with van der Waals surface area (Å²) >= 11 is 0. The third-order valence-electron chi connectivity index (χ3n) is 5.55. The third-order valence-corrected chi connectivity index (χ3v) is 5.55. The normalized spacial score (nSPS) is 18.2. The first-order valence-corrected chi connectivity index (χ1v) is 10.8. The lowest BCUT2D eigenvalue weighted by Crippen LogP contribution is -2.39. The van der Waals surface area contributed by atoms with Gasteiger partial charge in [0.1, 0.15) is 17.5 Å². The summed E-state index contributed by atoms with van der Waals surface area (Å²) in [6, 6.07) is 12.7. The number of fused-ring (bicyclic) bond motifs is 1. The van der Waals surface area contributed by atoms with Crippen molar-refractivity contribution in [1.29, 1.82) is 0 Å². The topological polar surface area (TPSA) is 48.0 Å².